The standard InChI is InChI=1S/C41H27N3/c1-2-12-32(13-3-1)44-39-16-6-4-14-35(39)41(36-15-5-7-17-40(36)44)37-24-28(30-10-8-22-42-26-30)18-20-33(37)34-21-19-29(25-38(34)41)31-11-9-23-43-27-31/h1-27H. The largest absolute Gasteiger partial charge is 0.310 e. The summed E-state index contributed by atoms with van der Waals surface area (Å²) in [5.41, 5.74) is 15.2. The second kappa shape index (κ2) is 9.62. The van der Waals surface area contributed by atoms with Gasteiger partial charge in [-0.1, -0.05) is 91.0 Å². The third-order valence-corrected chi connectivity index (χ3v) is 9.24. The molecule has 9 rings (SSSR count). The number of para-hydroxylation sites is 3. The number of hydrogen-bond donors (Lipinski definition) is 0. The van der Waals surface area contributed by atoms with E-state index in [2.05, 4.69) is 142 Å². The Kier molecular flexibility index (Phi) is 5.41. The number of aromatic nitrogens is 2. The highest BCUT2D eigenvalue weighted by Gasteiger charge is 2.51. The molecule has 0 unspecified atom stereocenters. The van der Waals surface area contributed by atoms with Gasteiger partial charge in [0.15, 0.2) is 0 Å². The lowest BCUT2D eigenvalue weighted by molar-refractivity contribution is 0.753. The fourth-order valence-corrected chi connectivity index (χ4v) is 7.43. The maximum Gasteiger partial charge on any atom is 0.0754 e. The molecule has 0 bridgehead atoms. The average Bonchev–Trinajstić information content (AvgIpc) is 3.39. The smallest absolute Gasteiger partial charge is 0.0754 e. The van der Waals surface area contributed by atoms with Gasteiger partial charge in [-0.3, -0.25) is 9.97 Å². The first-order chi connectivity index (χ1) is 21.8. The fourth-order valence-electron chi connectivity index (χ4n) is 7.43. The molecular weight excluding hydrogens is 534 g/mol. The Balaban J connectivity index is 1.42. The first kappa shape index (κ1) is 24.8. The zero-order valence-electron chi connectivity index (χ0n) is 23.9. The number of rotatable bonds is 3. The lowest BCUT2D eigenvalue weighted by atomic mass is 9.64. The lowest BCUT2D eigenvalue weighted by Crippen LogP contribution is -2.36. The minimum absolute atomic E-state index is 0.528. The number of fused-ring (bicyclic) bond motifs is 9. The molecule has 1 aliphatic heterocycles. The molecular formula is C41H27N3. The minimum Gasteiger partial charge on any atom is -0.310 e. The molecule has 3 nitrogen and oxygen atoms in total. The van der Waals surface area contributed by atoms with Crippen molar-refractivity contribution in [2.24, 2.45) is 0 Å². The number of anilines is 3. The molecule has 0 radical (unpaired) electrons. The van der Waals surface area contributed by atoms with Crippen LogP contribution in [-0.2, 0) is 5.41 Å². The van der Waals surface area contributed by atoms with Gasteiger partial charge in [-0.05, 0) is 104 Å². The Morgan fingerprint density at radius 1 is 0.409 bits per heavy atom. The van der Waals surface area contributed by atoms with Crippen molar-refractivity contribution in [3.05, 3.63) is 187 Å². The summed E-state index contributed by atoms with van der Waals surface area (Å²) in [6.45, 7) is 0. The summed E-state index contributed by atoms with van der Waals surface area (Å²) in [6.07, 6.45) is 7.58. The molecule has 0 fully saturated rings. The number of hydrogen-bond acceptors (Lipinski definition) is 3. The summed E-state index contributed by atoms with van der Waals surface area (Å²) >= 11 is 0. The lowest BCUT2D eigenvalue weighted by Gasteiger charge is -2.45. The van der Waals surface area contributed by atoms with Crippen LogP contribution in [0.2, 0.25) is 0 Å². The Hall–Kier alpha value is -5.80. The minimum atomic E-state index is -0.528. The molecule has 0 atom stereocenters. The Bertz CT molecular complexity index is 2030. The van der Waals surface area contributed by atoms with Crippen molar-refractivity contribution >= 4 is 17.1 Å². The van der Waals surface area contributed by atoms with Crippen molar-refractivity contribution in [1.82, 2.24) is 9.97 Å². The molecule has 206 valence electrons. The van der Waals surface area contributed by atoms with Crippen LogP contribution >= 0.6 is 0 Å². The van der Waals surface area contributed by atoms with E-state index in [-0.39, 0.29) is 0 Å². The zero-order valence-corrected chi connectivity index (χ0v) is 23.9. The normalized spacial score (nSPS) is 13.6. The maximum atomic E-state index is 4.45. The van der Waals surface area contributed by atoms with Crippen molar-refractivity contribution in [2.75, 3.05) is 4.90 Å². The van der Waals surface area contributed by atoms with E-state index in [1.165, 1.54) is 44.8 Å². The van der Waals surface area contributed by atoms with Gasteiger partial charge in [-0.25, -0.2) is 0 Å². The summed E-state index contributed by atoms with van der Waals surface area (Å²) in [4.78, 5) is 11.3. The van der Waals surface area contributed by atoms with Gasteiger partial charge >= 0.3 is 0 Å². The summed E-state index contributed by atoms with van der Waals surface area (Å²) in [6, 6.07) is 50.8. The predicted octanol–water partition coefficient (Wildman–Crippen LogP) is 9.96. The molecule has 3 heterocycles. The van der Waals surface area contributed by atoms with Crippen LogP contribution in [0.25, 0.3) is 33.4 Å². The van der Waals surface area contributed by atoms with Crippen molar-refractivity contribution in [3.63, 3.8) is 0 Å². The van der Waals surface area contributed by atoms with Gasteiger partial charge in [0.2, 0.25) is 0 Å². The first-order valence-corrected chi connectivity index (χ1v) is 15.0. The Labute approximate surface area is 256 Å². The van der Waals surface area contributed by atoms with Gasteiger partial charge in [-0.15, -0.1) is 0 Å². The van der Waals surface area contributed by atoms with E-state index < -0.39 is 5.41 Å². The quantitative estimate of drug-likeness (QED) is 0.215. The highest BCUT2D eigenvalue weighted by atomic mass is 15.2. The van der Waals surface area contributed by atoms with Gasteiger partial charge in [0.05, 0.1) is 16.8 Å². The molecule has 0 saturated heterocycles. The molecule has 2 aromatic heterocycles. The van der Waals surface area contributed by atoms with E-state index in [1.807, 2.05) is 36.9 Å². The third-order valence-electron chi connectivity index (χ3n) is 9.24. The van der Waals surface area contributed by atoms with Gasteiger partial charge < -0.3 is 4.90 Å². The first-order valence-electron chi connectivity index (χ1n) is 15.0. The van der Waals surface area contributed by atoms with Gasteiger partial charge in [-0.2, -0.15) is 0 Å². The topological polar surface area (TPSA) is 29.0 Å². The van der Waals surface area contributed by atoms with E-state index in [9.17, 15) is 0 Å². The van der Waals surface area contributed by atoms with Crippen molar-refractivity contribution in [1.29, 1.82) is 0 Å². The van der Waals surface area contributed by atoms with E-state index >= 15 is 0 Å². The third kappa shape index (κ3) is 3.44. The summed E-state index contributed by atoms with van der Waals surface area (Å²) < 4.78 is 0. The average molecular weight is 562 g/mol. The Morgan fingerprint density at radius 3 is 1.41 bits per heavy atom. The maximum absolute atomic E-state index is 4.45. The Morgan fingerprint density at radius 2 is 0.909 bits per heavy atom. The molecule has 5 aromatic carbocycles. The van der Waals surface area contributed by atoms with E-state index in [1.54, 1.807) is 0 Å². The molecule has 0 amide bonds. The van der Waals surface area contributed by atoms with E-state index in [4.69, 9.17) is 0 Å². The van der Waals surface area contributed by atoms with Crippen LogP contribution in [0.15, 0.2) is 164 Å². The summed E-state index contributed by atoms with van der Waals surface area (Å²) in [5.74, 6) is 0. The van der Waals surface area contributed by atoms with Gasteiger partial charge in [0.25, 0.3) is 0 Å². The van der Waals surface area contributed by atoms with Crippen LogP contribution in [0, 0.1) is 0 Å². The number of nitrogens with zero attached hydrogens (tertiary/aromatic N) is 3. The monoisotopic (exact) mass is 561 g/mol. The molecule has 3 heteroatoms. The van der Waals surface area contributed by atoms with Crippen molar-refractivity contribution < 1.29 is 0 Å². The van der Waals surface area contributed by atoms with Crippen LogP contribution in [0.5, 0.6) is 0 Å². The highest BCUT2D eigenvalue weighted by molar-refractivity contribution is 5.97. The van der Waals surface area contributed by atoms with E-state index in [0.29, 0.717) is 0 Å². The predicted molar refractivity (Wildman–Crippen MR) is 178 cm³/mol. The van der Waals surface area contributed by atoms with Crippen LogP contribution < -0.4 is 4.90 Å². The van der Waals surface area contributed by atoms with Crippen LogP contribution in [0.1, 0.15) is 22.3 Å². The van der Waals surface area contributed by atoms with Gasteiger partial charge in [0.1, 0.15) is 0 Å². The molecule has 0 N–H and O–H groups in total. The summed E-state index contributed by atoms with van der Waals surface area (Å²) in [7, 11) is 0. The molecule has 44 heavy (non-hydrogen) atoms. The summed E-state index contributed by atoms with van der Waals surface area (Å²) in [5, 5.41) is 0. The molecule has 0 saturated carbocycles. The van der Waals surface area contributed by atoms with Crippen molar-refractivity contribution in [3.8, 4) is 33.4 Å². The number of pyridine rings is 2. The molecule has 1 spiro atoms. The zero-order chi connectivity index (χ0) is 29.1. The fraction of sp³-hybridized carbons (Fsp3) is 0.0244. The van der Waals surface area contributed by atoms with Crippen LogP contribution in [-0.4, -0.2) is 9.97 Å². The van der Waals surface area contributed by atoms with Crippen molar-refractivity contribution in [2.45, 2.75) is 5.41 Å². The second-order valence-electron chi connectivity index (χ2n) is 11.5. The molecule has 7 aromatic rings. The number of benzene rings is 5. The van der Waals surface area contributed by atoms with Crippen LogP contribution in [0.4, 0.5) is 17.1 Å². The SMILES string of the molecule is c1ccc(N2c3ccccc3C3(c4cc(-c5cccnc5)ccc4-c4ccc(-c5cccnc5)cc43)c3ccccc32)cc1. The van der Waals surface area contributed by atoms with Crippen LogP contribution in [0.3, 0.4) is 0 Å². The van der Waals surface area contributed by atoms with E-state index in [0.717, 1.165) is 27.9 Å². The highest BCUT2D eigenvalue weighted by Crippen LogP contribution is 2.64. The van der Waals surface area contributed by atoms with Gasteiger partial charge in [0, 0.05) is 30.5 Å². The molecule has 2 aliphatic rings. The second-order valence-corrected chi connectivity index (χ2v) is 11.5. The molecule has 1 aliphatic carbocycles.